The fourth-order valence-corrected chi connectivity index (χ4v) is 2.06. The molecule has 0 spiro atoms. The van der Waals surface area contributed by atoms with Gasteiger partial charge in [-0.05, 0) is 12.5 Å². The summed E-state index contributed by atoms with van der Waals surface area (Å²) in [6.07, 6.45) is 0.323. The Kier molecular flexibility index (Phi) is 6.23. The number of rotatable bonds is 6. The number of alkyl halides is 1. The Balaban J connectivity index is 3.07. The molecule has 19 heavy (non-hydrogen) atoms. The van der Waals surface area contributed by atoms with Gasteiger partial charge in [-0.25, -0.2) is 0 Å². The molecule has 0 unspecified atom stereocenters. The molecule has 0 fully saturated rings. The molecule has 0 aliphatic rings. The summed E-state index contributed by atoms with van der Waals surface area (Å²) < 4.78 is 4.85. The van der Waals surface area contributed by atoms with Crippen LogP contribution in [0.15, 0.2) is 18.2 Å². The van der Waals surface area contributed by atoms with Crippen molar-refractivity contribution in [2.24, 2.45) is 0 Å². The fourth-order valence-electron chi connectivity index (χ4n) is 1.70. The largest absolute Gasteiger partial charge is 0.466 e. The number of carbonyl (C=O) groups is 2. The van der Waals surface area contributed by atoms with E-state index in [0.717, 1.165) is 0 Å². The van der Waals surface area contributed by atoms with E-state index >= 15 is 0 Å². The summed E-state index contributed by atoms with van der Waals surface area (Å²) in [6.45, 7) is 2.02. The minimum atomic E-state index is -0.399. The second-order valence-electron chi connectivity index (χ2n) is 3.80. The standard InChI is InChI=1S/C14H14BrNO3/c1-2-19-14(18)8-10-4-3-5-11(12(10)9-16)13(17)6-7-15/h3-5H,2,6-8H2,1H3. The van der Waals surface area contributed by atoms with Crippen molar-refractivity contribution in [2.45, 2.75) is 19.8 Å². The number of ether oxygens (including phenoxy) is 1. The first-order valence-corrected chi connectivity index (χ1v) is 7.03. The maximum atomic E-state index is 11.9. The third-order valence-corrected chi connectivity index (χ3v) is 2.92. The number of ketones is 1. The zero-order valence-electron chi connectivity index (χ0n) is 10.6. The number of benzene rings is 1. The summed E-state index contributed by atoms with van der Waals surface area (Å²) >= 11 is 3.20. The molecule has 0 saturated heterocycles. The van der Waals surface area contributed by atoms with Gasteiger partial charge >= 0.3 is 5.97 Å². The topological polar surface area (TPSA) is 67.2 Å². The summed E-state index contributed by atoms with van der Waals surface area (Å²) in [5.41, 5.74) is 1.16. The minimum Gasteiger partial charge on any atom is -0.466 e. The molecule has 100 valence electrons. The van der Waals surface area contributed by atoms with Gasteiger partial charge in [0.15, 0.2) is 5.78 Å². The Morgan fingerprint density at radius 2 is 2.16 bits per heavy atom. The average Bonchev–Trinajstić information content (AvgIpc) is 2.39. The molecule has 0 aliphatic heterocycles. The van der Waals surface area contributed by atoms with E-state index in [1.54, 1.807) is 25.1 Å². The van der Waals surface area contributed by atoms with Crippen molar-refractivity contribution < 1.29 is 14.3 Å². The van der Waals surface area contributed by atoms with E-state index in [4.69, 9.17) is 4.74 Å². The number of Topliss-reactive ketones (excluding diaryl/α,β-unsaturated/α-hetero) is 1. The lowest BCUT2D eigenvalue weighted by Crippen LogP contribution is -2.11. The zero-order valence-corrected chi connectivity index (χ0v) is 12.2. The highest BCUT2D eigenvalue weighted by molar-refractivity contribution is 9.09. The van der Waals surface area contributed by atoms with Gasteiger partial charge in [0.1, 0.15) is 6.07 Å². The maximum Gasteiger partial charge on any atom is 0.310 e. The normalized spacial score (nSPS) is 9.74. The number of nitriles is 1. The number of esters is 1. The van der Waals surface area contributed by atoms with Crippen LogP contribution in [0.1, 0.15) is 34.8 Å². The van der Waals surface area contributed by atoms with E-state index in [1.807, 2.05) is 6.07 Å². The van der Waals surface area contributed by atoms with E-state index < -0.39 is 5.97 Å². The summed E-state index contributed by atoms with van der Waals surface area (Å²) in [5, 5.41) is 9.73. The first-order chi connectivity index (χ1) is 9.13. The number of hydrogen-bond acceptors (Lipinski definition) is 4. The molecule has 1 rings (SSSR count). The molecule has 1 aromatic carbocycles. The van der Waals surface area contributed by atoms with Gasteiger partial charge in [-0.15, -0.1) is 0 Å². The molecule has 0 heterocycles. The van der Waals surface area contributed by atoms with Crippen molar-refractivity contribution in [2.75, 3.05) is 11.9 Å². The third kappa shape index (κ3) is 4.18. The van der Waals surface area contributed by atoms with E-state index in [0.29, 0.717) is 29.5 Å². The van der Waals surface area contributed by atoms with Crippen LogP contribution in [0.25, 0.3) is 0 Å². The van der Waals surface area contributed by atoms with Crippen molar-refractivity contribution in [3.63, 3.8) is 0 Å². The van der Waals surface area contributed by atoms with E-state index in [-0.39, 0.29) is 17.8 Å². The Morgan fingerprint density at radius 1 is 1.42 bits per heavy atom. The predicted molar refractivity (Wildman–Crippen MR) is 74.2 cm³/mol. The van der Waals surface area contributed by atoms with E-state index in [1.165, 1.54) is 0 Å². The number of carbonyl (C=O) groups excluding carboxylic acids is 2. The quantitative estimate of drug-likeness (QED) is 0.458. The molecule has 1 aromatic rings. The molecule has 0 amide bonds. The van der Waals surface area contributed by atoms with Gasteiger partial charge in [-0.1, -0.05) is 34.1 Å². The van der Waals surface area contributed by atoms with Gasteiger partial charge in [-0.2, -0.15) is 5.26 Å². The summed E-state index contributed by atoms with van der Waals surface area (Å²) in [4.78, 5) is 23.4. The van der Waals surface area contributed by atoms with Gasteiger partial charge in [0.2, 0.25) is 0 Å². The monoisotopic (exact) mass is 323 g/mol. The first-order valence-electron chi connectivity index (χ1n) is 5.90. The molecule has 0 radical (unpaired) electrons. The fraction of sp³-hybridized carbons (Fsp3) is 0.357. The average molecular weight is 324 g/mol. The SMILES string of the molecule is CCOC(=O)Cc1cccc(C(=O)CCBr)c1C#N. The van der Waals surface area contributed by atoms with Crippen molar-refractivity contribution >= 4 is 27.7 Å². The highest BCUT2D eigenvalue weighted by atomic mass is 79.9. The van der Waals surface area contributed by atoms with Crippen LogP contribution in [0, 0.1) is 11.3 Å². The summed E-state index contributed by atoms with van der Waals surface area (Å²) in [7, 11) is 0. The lowest BCUT2D eigenvalue weighted by Gasteiger charge is -2.08. The highest BCUT2D eigenvalue weighted by Gasteiger charge is 2.16. The van der Waals surface area contributed by atoms with Gasteiger partial charge in [0, 0.05) is 17.3 Å². The molecule has 0 aliphatic carbocycles. The maximum absolute atomic E-state index is 11.9. The van der Waals surface area contributed by atoms with Crippen LogP contribution in [0.5, 0.6) is 0 Å². The molecule has 0 atom stereocenters. The molecule has 0 aromatic heterocycles. The number of halogens is 1. The van der Waals surface area contributed by atoms with Crippen molar-refractivity contribution in [3.05, 3.63) is 34.9 Å². The molecule has 5 heteroatoms. The minimum absolute atomic E-state index is 0.00612. The van der Waals surface area contributed by atoms with Crippen molar-refractivity contribution in [1.29, 1.82) is 5.26 Å². The lowest BCUT2D eigenvalue weighted by molar-refractivity contribution is -0.142. The van der Waals surface area contributed by atoms with Gasteiger partial charge in [0.05, 0.1) is 18.6 Å². The summed E-state index contributed by atoms with van der Waals surface area (Å²) in [5.74, 6) is -0.511. The van der Waals surface area contributed by atoms with Crippen LogP contribution in [0.4, 0.5) is 0 Å². The Bertz CT molecular complexity index is 520. The molecular weight excluding hydrogens is 310 g/mol. The second kappa shape index (κ2) is 7.70. The first kappa shape index (κ1) is 15.4. The number of hydrogen-bond donors (Lipinski definition) is 0. The molecule has 4 nitrogen and oxygen atoms in total. The Morgan fingerprint density at radius 3 is 2.74 bits per heavy atom. The van der Waals surface area contributed by atoms with Crippen LogP contribution < -0.4 is 0 Å². The predicted octanol–water partition coefficient (Wildman–Crippen LogP) is 2.63. The van der Waals surface area contributed by atoms with Crippen LogP contribution in [0.2, 0.25) is 0 Å². The van der Waals surface area contributed by atoms with Gasteiger partial charge in [-0.3, -0.25) is 9.59 Å². The highest BCUT2D eigenvalue weighted by Crippen LogP contribution is 2.17. The summed E-state index contributed by atoms with van der Waals surface area (Å²) in [6, 6.07) is 6.96. The van der Waals surface area contributed by atoms with Crippen LogP contribution in [0.3, 0.4) is 0 Å². The second-order valence-corrected chi connectivity index (χ2v) is 4.59. The van der Waals surface area contributed by atoms with Crippen molar-refractivity contribution in [3.8, 4) is 6.07 Å². The third-order valence-electron chi connectivity index (χ3n) is 2.52. The molecule has 0 bridgehead atoms. The Labute approximate surface area is 120 Å². The smallest absolute Gasteiger partial charge is 0.310 e. The van der Waals surface area contributed by atoms with Gasteiger partial charge in [0.25, 0.3) is 0 Å². The molecular formula is C14H14BrNO3. The van der Waals surface area contributed by atoms with Gasteiger partial charge < -0.3 is 4.74 Å². The lowest BCUT2D eigenvalue weighted by atomic mass is 9.96. The Hall–Kier alpha value is -1.67. The molecule has 0 saturated carbocycles. The van der Waals surface area contributed by atoms with E-state index in [9.17, 15) is 14.9 Å². The van der Waals surface area contributed by atoms with Crippen LogP contribution in [-0.4, -0.2) is 23.7 Å². The number of nitrogens with zero attached hydrogens (tertiary/aromatic N) is 1. The van der Waals surface area contributed by atoms with E-state index in [2.05, 4.69) is 15.9 Å². The van der Waals surface area contributed by atoms with Crippen LogP contribution in [-0.2, 0) is 16.0 Å². The van der Waals surface area contributed by atoms with Crippen molar-refractivity contribution in [1.82, 2.24) is 0 Å². The molecule has 0 N–H and O–H groups in total. The van der Waals surface area contributed by atoms with Crippen LogP contribution >= 0.6 is 15.9 Å². The zero-order chi connectivity index (χ0) is 14.3.